The zero-order chi connectivity index (χ0) is 8.15. The number of aliphatic carboxylic acids is 1. The van der Waals surface area contributed by atoms with Crippen LogP contribution < -0.4 is 5.73 Å². The fourth-order valence-corrected chi connectivity index (χ4v) is 0.681. The molecule has 0 radical (unpaired) electrons. The smallest absolute Gasteiger partial charge is 0.310 e. The highest BCUT2D eigenvalue weighted by molar-refractivity contribution is 5.70. The number of carboxylic acids is 1. The normalized spacial score (nSPS) is 16.3. The van der Waals surface area contributed by atoms with E-state index in [4.69, 9.17) is 15.9 Å². The van der Waals surface area contributed by atoms with E-state index in [1.807, 2.05) is 0 Å². The van der Waals surface area contributed by atoms with Crippen LogP contribution in [0.4, 0.5) is 0 Å². The molecule has 0 saturated carbocycles. The minimum absolute atomic E-state index is 0.385. The van der Waals surface area contributed by atoms with Gasteiger partial charge in [0.25, 0.3) is 0 Å². The molecule has 0 aromatic carbocycles. The number of hydrogen-bond donors (Lipinski definition) is 3. The Labute approximate surface area is 59.7 Å². The van der Waals surface area contributed by atoms with Gasteiger partial charge in [0, 0.05) is 6.04 Å². The Morgan fingerprint density at radius 1 is 1.70 bits per heavy atom. The molecule has 0 spiro atoms. The van der Waals surface area contributed by atoms with Gasteiger partial charge in [-0.1, -0.05) is 6.92 Å². The molecule has 4 nitrogen and oxygen atoms in total. The van der Waals surface area contributed by atoms with Crippen LogP contribution in [0.25, 0.3) is 0 Å². The van der Waals surface area contributed by atoms with Gasteiger partial charge in [0.05, 0.1) is 12.5 Å². The molecule has 10 heavy (non-hydrogen) atoms. The second-order valence-electron chi connectivity index (χ2n) is 2.20. The summed E-state index contributed by atoms with van der Waals surface area (Å²) >= 11 is 0. The van der Waals surface area contributed by atoms with E-state index in [0.29, 0.717) is 6.42 Å². The molecule has 0 aliphatic rings. The van der Waals surface area contributed by atoms with Gasteiger partial charge in [-0.3, -0.25) is 4.79 Å². The maximum atomic E-state index is 10.3. The van der Waals surface area contributed by atoms with Crippen molar-refractivity contribution in [2.24, 2.45) is 11.7 Å². The SMILES string of the molecule is CCC(N)C(CO)C(=O)O. The van der Waals surface area contributed by atoms with Crippen LogP contribution >= 0.6 is 0 Å². The Morgan fingerprint density at radius 2 is 2.20 bits per heavy atom. The molecule has 60 valence electrons. The molecule has 0 amide bonds. The van der Waals surface area contributed by atoms with Gasteiger partial charge >= 0.3 is 5.97 Å². The van der Waals surface area contributed by atoms with Gasteiger partial charge < -0.3 is 15.9 Å². The van der Waals surface area contributed by atoms with Gasteiger partial charge in [0.15, 0.2) is 0 Å². The summed E-state index contributed by atoms with van der Waals surface area (Å²) < 4.78 is 0. The van der Waals surface area contributed by atoms with E-state index in [1.165, 1.54) is 0 Å². The van der Waals surface area contributed by atoms with E-state index in [0.717, 1.165) is 0 Å². The lowest BCUT2D eigenvalue weighted by atomic mass is 10.00. The molecule has 0 aromatic heterocycles. The summed E-state index contributed by atoms with van der Waals surface area (Å²) in [4.78, 5) is 10.3. The molecule has 4 heteroatoms. The topological polar surface area (TPSA) is 83.5 Å². The van der Waals surface area contributed by atoms with Crippen molar-refractivity contribution >= 4 is 5.97 Å². The molecule has 0 heterocycles. The minimum Gasteiger partial charge on any atom is -0.481 e. The molecule has 2 atom stereocenters. The third-order valence-electron chi connectivity index (χ3n) is 1.50. The Hall–Kier alpha value is -0.610. The lowest BCUT2D eigenvalue weighted by molar-refractivity contribution is -0.143. The zero-order valence-electron chi connectivity index (χ0n) is 5.95. The standard InChI is InChI=1S/C6H13NO3/c1-2-5(7)4(3-8)6(9)10/h4-5,8H,2-3,7H2,1H3,(H,9,10). The van der Waals surface area contributed by atoms with Crippen LogP contribution in [0, 0.1) is 5.92 Å². The molecule has 2 unspecified atom stereocenters. The number of hydrogen-bond acceptors (Lipinski definition) is 3. The van der Waals surface area contributed by atoms with E-state index in [-0.39, 0.29) is 6.61 Å². The van der Waals surface area contributed by atoms with Crippen molar-refractivity contribution in [3.05, 3.63) is 0 Å². The second-order valence-corrected chi connectivity index (χ2v) is 2.20. The number of aliphatic hydroxyl groups is 1. The summed E-state index contributed by atoms with van der Waals surface area (Å²) in [5, 5.41) is 17.0. The van der Waals surface area contributed by atoms with Crippen molar-refractivity contribution in [3.63, 3.8) is 0 Å². The van der Waals surface area contributed by atoms with Gasteiger partial charge in [-0.15, -0.1) is 0 Å². The Morgan fingerprint density at radius 3 is 2.30 bits per heavy atom. The Bertz CT molecular complexity index is 116. The summed E-state index contributed by atoms with van der Waals surface area (Å²) in [6.45, 7) is 1.40. The molecule has 0 saturated heterocycles. The largest absolute Gasteiger partial charge is 0.481 e. The number of carboxylic acid groups (broad SMARTS) is 1. The van der Waals surface area contributed by atoms with E-state index >= 15 is 0 Å². The van der Waals surface area contributed by atoms with Crippen molar-refractivity contribution in [2.75, 3.05) is 6.61 Å². The van der Waals surface area contributed by atoms with E-state index in [1.54, 1.807) is 6.92 Å². The van der Waals surface area contributed by atoms with Crippen LogP contribution in [-0.2, 0) is 4.79 Å². The molecule has 4 N–H and O–H groups in total. The summed E-state index contributed by atoms with van der Waals surface area (Å²) in [5.41, 5.74) is 5.39. The summed E-state index contributed by atoms with van der Waals surface area (Å²) in [7, 11) is 0. The summed E-state index contributed by atoms with van der Waals surface area (Å²) in [6, 6.07) is -0.442. The predicted octanol–water partition coefficient (Wildman–Crippen LogP) is -0.583. The highest BCUT2D eigenvalue weighted by Crippen LogP contribution is 2.03. The molecule has 0 aliphatic carbocycles. The maximum absolute atomic E-state index is 10.3. The van der Waals surface area contributed by atoms with E-state index in [9.17, 15) is 4.79 Å². The third kappa shape index (κ3) is 2.33. The van der Waals surface area contributed by atoms with Crippen molar-refractivity contribution in [2.45, 2.75) is 19.4 Å². The van der Waals surface area contributed by atoms with Gasteiger partial charge in [-0.2, -0.15) is 0 Å². The Kier molecular flexibility index (Phi) is 3.99. The third-order valence-corrected chi connectivity index (χ3v) is 1.50. The fraction of sp³-hybridized carbons (Fsp3) is 0.833. The summed E-state index contributed by atoms with van der Waals surface area (Å²) in [5.74, 6) is -1.85. The quantitative estimate of drug-likeness (QED) is 0.496. The highest BCUT2D eigenvalue weighted by atomic mass is 16.4. The van der Waals surface area contributed by atoms with Gasteiger partial charge in [0.1, 0.15) is 0 Å². The van der Waals surface area contributed by atoms with E-state index in [2.05, 4.69) is 0 Å². The lowest BCUT2D eigenvalue weighted by Gasteiger charge is -2.14. The van der Waals surface area contributed by atoms with Crippen molar-refractivity contribution in [3.8, 4) is 0 Å². The second kappa shape index (κ2) is 4.24. The van der Waals surface area contributed by atoms with Crippen LogP contribution in [0.2, 0.25) is 0 Å². The number of aliphatic hydroxyl groups excluding tert-OH is 1. The van der Waals surface area contributed by atoms with Crippen LogP contribution in [0.5, 0.6) is 0 Å². The first kappa shape index (κ1) is 9.39. The van der Waals surface area contributed by atoms with Gasteiger partial charge in [-0.05, 0) is 6.42 Å². The van der Waals surface area contributed by atoms with Crippen molar-refractivity contribution in [1.29, 1.82) is 0 Å². The Balaban J connectivity index is 3.92. The number of nitrogens with two attached hydrogens (primary N) is 1. The molecular weight excluding hydrogens is 134 g/mol. The number of rotatable bonds is 4. The van der Waals surface area contributed by atoms with Gasteiger partial charge in [-0.25, -0.2) is 0 Å². The molecule has 0 aliphatic heterocycles. The van der Waals surface area contributed by atoms with E-state index < -0.39 is 17.9 Å². The zero-order valence-corrected chi connectivity index (χ0v) is 5.95. The van der Waals surface area contributed by atoms with Crippen LogP contribution in [0.1, 0.15) is 13.3 Å². The molecule has 0 aromatic rings. The fourth-order valence-electron chi connectivity index (χ4n) is 0.681. The molecule has 0 fully saturated rings. The first-order valence-electron chi connectivity index (χ1n) is 3.22. The summed E-state index contributed by atoms with van der Waals surface area (Å²) in [6.07, 6.45) is 0.567. The molecule has 0 bridgehead atoms. The van der Waals surface area contributed by atoms with Crippen LogP contribution in [0.3, 0.4) is 0 Å². The minimum atomic E-state index is -1.03. The van der Waals surface area contributed by atoms with Gasteiger partial charge in [0.2, 0.25) is 0 Å². The van der Waals surface area contributed by atoms with Crippen molar-refractivity contribution in [1.82, 2.24) is 0 Å². The molecule has 0 rings (SSSR count). The lowest BCUT2D eigenvalue weighted by Crippen LogP contribution is -2.37. The highest BCUT2D eigenvalue weighted by Gasteiger charge is 2.22. The first-order valence-corrected chi connectivity index (χ1v) is 3.22. The number of carbonyl (C=O) groups is 1. The van der Waals surface area contributed by atoms with Crippen LogP contribution in [0.15, 0.2) is 0 Å². The van der Waals surface area contributed by atoms with Crippen LogP contribution in [-0.4, -0.2) is 28.8 Å². The van der Waals surface area contributed by atoms with Crippen molar-refractivity contribution < 1.29 is 15.0 Å². The monoisotopic (exact) mass is 147 g/mol. The molecular formula is C6H13NO3. The first-order chi connectivity index (χ1) is 4.63. The average Bonchev–Trinajstić information content (AvgIpc) is 1.88. The maximum Gasteiger partial charge on any atom is 0.310 e. The predicted molar refractivity (Wildman–Crippen MR) is 36.5 cm³/mol. The average molecular weight is 147 g/mol.